The van der Waals surface area contributed by atoms with E-state index >= 15 is 0 Å². The van der Waals surface area contributed by atoms with Gasteiger partial charge >= 0.3 is 0 Å². The molecule has 0 bridgehead atoms. The molecule has 2 heterocycles. The number of allylic oxidation sites excluding steroid dienone is 1. The average molecular weight is 350 g/mol. The fraction of sp³-hybridized carbons (Fsp3) is 0.333. The van der Waals surface area contributed by atoms with E-state index in [0.717, 1.165) is 34.6 Å². The van der Waals surface area contributed by atoms with Crippen molar-refractivity contribution in [3.8, 4) is 22.5 Å². The lowest BCUT2D eigenvalue weighted by molar-refractivity contribution is 0.153. The van der Waals surface area contributed by atoms with Crippen molar-refractivity contribution in [2.75, 3.05) is 13.7 Å². The van der Waals surface area contributed by atoms with Crippen molar-refractivity contribution in [2.45, 2.75) is 32.9 Å². The van der Waals surface area contributed by atoms with E-state index in [2.05, 4.69) is 41.5 Å². The molecule has 0 N–H and O–H groups in total. The molecule has 0 unspecified atom stereocenters. The molecule has 26 heavy (non-hydrogen) atoms. The summed E-state index contributed by atoms with van der Waals surface area (Å²) in [7, 11) is 1.74. The largest absolute Gasteiger partial charge is 0.383 e. The third kappa shape index (κ3) is 3.48. The highest BCUT2D eigenvalue weighted by Crippen LogP contribution is 2.35. The van der Waals surface area contributed by atoms with E-state index in [1.807, 2.05) is 42.2 Å². The van der Waals surface area contributed by atoms with Crippen molar-refractivity contribution in [2.24, 2.45) is 0 Å². The van der Waals surface area contributed by atoms with Crippen LogP contribution in [0.4, 0.5) is 0 Å². The maximum atomic E-state index is 5.45. The van der Waals surface area contributed by atoms with Gasteiger partial charge in [-0.05, 0) is 13.3 Å². The summed E-state index contributed by atoms with van der Waals surface area (Å²) in [4.78, 5) is 4.76. The summed E-state index contributed by atoms with van der Waals surface area (Å²) in [6, 6.07) is 10.5. The second-order valence-corrected chi connectivity index (χ2v) is 6.37. The molecule has 5 heteroatoms. The number of hydrogen-bond donors (Lipinski definition) is 0. The van der Waals surface area contributed by atoms with Gasteiger partial charge in [0.05, 0.1) is 42.6 Å². The van der Waals surface area contributed by atoms with Gasteiger partial charge in [-0.2, -0.15) is 5.10 Å². The minimum atomic E-state index is 0.224. The van der Waals surface area contributed by atoms with Gasteiger partial charge in [-0.1, -0.05) is 43.3 Å². The van der Waals surface area contributed by atoms with Gasteiger partial charge in [-0.15, -0.1) is 6.58 Å². The summed E-state index contributed by atoms with van der Waals surface area (Å²) in [5, 5.41) is 4.64. The number of benzene rings is 1. The quantitative estimate of drug-likeness (QED) is 0.562. The lowest BCUT2D eigenvalue weighted by atomic mass is 10.0. The lowest BCUT2D eigenvalue weighted by Gasteiger charge is -2.19. The van der Waals surface area contributed by atoms with E-state index in [1.165, 1.54) is 0 Å². The second kappa shape index (κ2) is 8.15. The number of methoxy groups -OCH3 is 1. The molecule has 3 aromatic rings. The predicted molar refractivity (Wildman–Crippen MR) is 105 cm³/mol. The van der Waals surface area contributed by atoms with E-state index < -0.39 is 0 Å². The van der Waals surface area contributed by atoms with Crippen LogP contribution in [0.1, 0.15) is 25.1 Å². The fourth-order valence-electron chi connectivity index (χ4n) is 3.28. The first-order chi connectivity index (χ1) is 12.7. The Labute approximate surface area is 155 Å². The van der Waals surface area contributed by atoms with E-state index in [-0.39, 0.29) is 6.04 Å². The van der Waals surface area contributed by atoms with Crippen LogP contribution in [0.3, 0.4) is 0 Å². The molecule has 0 saturated heterocycles. The van der Waals surface area contributed by atoms with Crippen LogP contribution in [0.2, 0.25) is 0 Å². The maximum Gasteiger partial charge on any atom is 0.0964 e. The molecule has 2 aromatic heterocycles. The normalized spacial score (nSPS) is 12.3. The first-order valence-electron chi connectivity index (χ1n) is 8.96. The minimum Gasteiger partial charge on any atom is -0.383 e. The third-order valence-electron chi connectivity index (χ3n) is 4.58. The maximum absolute atomic E-state index is 5.45. The highest BCUT2D eigenvalue weighted by atomic mass is 16.5. The molecule has 0 amide bonds. The SMILES string of the molecule is C=CCn1cc(-c2c(-c3ccccc3)ncn2[C@H](CC)COC)c(C)n1. The van der Waals surface area contributed by atoms with Crippen LogP contribution in [-0.4, -0.2) is 33.0 Å². The zero-order valence-electron chi connectivity index (χ0n) is 15.7. The van der Waals surface area contributed by atoms with Crippen molar-refractivity contribution < 1.29 is 4.74 Å². The van der Waals surface area contributed by atoms with Crippen LogP contribution in [-0.2, 0) is 11.3 Å². The zero-order valence-corrected chi connectivity index (χ0v) is 15.7. The Morgan fingerprint density at radius 2 is 2.04 bits per heavy atom. The van der Waals surface area contributed by atoms with Gasteiger partial charge in [-0.3, -0.25) is 4.68 Å². The van der Waals surface area contributed by atoms with Crippen LogP contribution in [0.15, 0.2) is 55.5 Å². The van der Waals surface area contributed by atoms with E-state index in [1.54, 1.807) is 7.11 Å². The van der Waals surface area contributed by atoms with E-state index in [0.29, 0.717) is 13.2 Å². The molecule has 0 saturated carbocycles. The highest BCUT2D eigenvalue weighted by Gasteiger charge is 2.22. The van der Waals surface area contributed by atoms with Crippen molar-refractivity contribution in [1.29, 1.82) is 0 Å². The summed E-state index contributed by atoms with van der Waals surface area (Å²) in [5.74, 6) is 0. The van der Waals surface area contributed by atoms with Gasteiger partial charge in [0, 0.05) is 24.4 Å². The smallest absolute Gasteiger partial charge is 0.0964 e. The lowest BCUT2D eigenvalue weighted by Crippen LogP contribution is -2.14. The van der Waals surface area contributed by atoms with Gasteiger partial charge in [-0.25, -0.2) is 4.98 Å². The molecule has 0 aliphatic heterocycles. The van der Waals surface area contributed by atoms with Gasteiger partial charge in [0.2, 0.25) is 0 Å². The number of rotatable bonds is 8. The monoisotopic (exact) mass is 350 g/mol. The predicted octanol–water partition coefficient (Wildman–Crippen LogP) is 4.51. The Hall–Kier alpha value is -2.66. The van der Waals surface area contributed by atoms with Crippen LogP contribution < -0.4 is 0 Å². The number of ether oxygens (including phenoxy) is 1. The topological polar surface area (TPSA) is 44.9 Å². The Balaban J connectivity index is 2.19. The Morgan fingerprint density at radius 1 is 1.27 bits per heavy atom. The minimum absolute atomic E-state index is 0.224. The Kier molecular flexibility index (Phi) is 5.68. The van der Waals surface area contributed by atoms with Crippen LogP contribution >= 0.6 is 0 Å². The van der Waals surface area contributed by atoms with Crippen LogP contribution in [0, 0.1) is 6.92 Å². The summed E-state index contributed by atoms with van der Waals surface area (Å²) in [6.45, 7) is 9.35. The van der Waals surface area contributed by atoms with Crippen molar-refractivity contribution >= 4 is 0 Å². The van der Waals surface area contributed by atoms with Crippen molar-refractivity contribution in [3.63, 3.8) is 0 Å². The van der Waals surface area contributed by atoms with Gasteiger partial charge in [0.15, 0.2) is 0 Å². The molecule has 3 rings (SSSR count). The number of imidazole rings is 1. The molecule has 0 aliphatic rings. The third-order valence-corrected chi connectivity index (χ3v) is 4.58. The molecule has 0 aliphatic carbocycles. The molecule has 5 nitrogen and oxygen atoms in total. The molecular formula is C21H26N4O. The number of hydrogen-bond acceptors (Lipinski definition) is 3. The number of nitrogens with zero attached hydrogens (tertiary/aromatic N) is 4. The average Bonchev–Trinajstić information content (AvgIpc) is 3.24. The first-order valence-corrected chi connectivity index (χ1v) is 8.96. The standard InChI is InChI=1S/C21H26N4O/c1-5-12-24-13-19(16(3)23-24)21-20(17-10-8-7-9-11-17)22-15-25(21)18(6-2)14-26-4/h5,7-11,13,15,18H,1,6,12,14H2,2-4H3/t18-/m1/s1. The summed E-state index contributed by atoms with van der Waals surface area (Å²) < 4.78 is 9.59. The van der Waals surface area contributed by atoms with Crippen LogP contribution in [0.25, 0.3) is 22.5 Å². The Morgan fingerprint density at radius 3 is 2.69 bits per heavy atom. The molecule has 136 valence electrons. The fourth-order valence-corrected chi connectivity index (χ4v) is 3.28. The van der Waals surface area contributed by atoms with E-state index in [4.69, 9.17) is 9.72 Å². The second-order valence-electron chi connectivity index (χ2n) is 6.37. The molecule has 0 radical (unpaired) electrons. The van der Waals surface area contributed by atoms with Gasteiger partial charge in [0.1, 0.15) is 0 Å². The van der Waals surface area contributed by atoms with Crippen molar-refractivity contribution in [3.05, 3.63) is 61.2 Å². The van der Waals surface area contributed by atoms with E-state index in [9.17, 15) is 0 Å². The molecule has 0 spiro atoms. The summed E-state index contributed by atoms with van der Waals surface area (Å²) >= 11 is 0. The van der Waals surface area contributed by atoms with Gasteiger partial charge < -0.3 is 9.30 Å². The van der Waals surface area contributed by atoms with Crippen molar-refractivity contribution in [1.82, 2.24) is 19.3 Å². The summed E-state index contributed by atoms with van der Waals surface area (Å²) in [6.07, 6.45) is 6.82. The molecule has 1 atom stereocenters. The highest BCUT2D eigenvalue weighted by molar-refractivity contribution is 5.79. The molecule has 0 fully saturated rings. The number of aryl methyl sites for hydroxylation is 1. The zero-order chi connectivity index (χ0) is 18.5. The first kappa shape index (κ1) is 18.1. The van der Waals surface area contributed by atoms with Crippen LogP contribution in [0.5, 0.6) is 0 Å². The molecular weight excluding hydrogens is 324 g/mol. The molecule has 1 aromatic carbocycles. The summed E-state index contributed by atoms with van der Waals surface area (Å²) in [5.41, 5.74) is 5.24. The Bertz CT molecular complexity index is 864. The van der Waals surface area contributed by atoms with Gasteiger partial charge in [0.25, 0.3) is 0 Å². The number of aromatic nitrogens is 4.